The van der Waals surface area contributed by atoms with E-state index in [0.29, 0.717) is 6.61 Å². The van der Waals surface area contributed by atoms with Gasteiger partial charge in [-0.2, -0.15) is 0 Å². The molecule has 2 heteroatoms. The first-order valence-electron chi connectivity index (χ1n) is 8.06. The molecule has 3 aromatic rings. The van der Waals surface area contributed by atoms with Crippen molar-refractivity contribution in [3.8, 4) is 11.8 Å². The minimum atomic E-state index is 0.205. The first-order valence-corrected chi connectivity index (χ1v) is 8.06. The molecule has 3 aromatic carbocycles. The van der Waals surface area contributed by atoms with E-state index in [9.17, 15) is 0 Å². The van der Waals surface area contributed by atoms with E-state index in [0.717, 1.165) is 5.56 Å². The Morgan fingerprint density at radius 3 is 1.92 bits per heavy atom. The van der Waals surface area contributed by atoms with Gasteiger partial charge < -0.3 is 4.74 Å². The molecule has 117 valence electrons. The van der Waals surface area contributed by atoms with Crippen molar-refractivity contribution in [3.05, 3.63) is 90.5 Å². The van der Waals surface area contributed by atoms with E-state index in [4.69, 9.17) is 4.74 Å². The molecule has 0 fully saturated rings. The lowest BCUT2D eigenvalue weighted by atomic mass is 9.37. The van der Waals surface area contributed by atoms with Crippen molar-refractivity contribution in [2.24, 2.45) is 0 Å². The fourth-order valence-electron chi connectivity index (χ4n) is 2.87. The van der Waals surface area contributed by atoms with Crippen LogP contribution in [0, 0.1) is 11.8 Å². The molecule has 0 bridgehead atoms. The minimum absolute atomic E-state index is 0.205. The number of ether oxygens (including phenoxy) is 1. The van der Waals surface area contributed by atoms with E-state index in [2.05, 4.69) is 90.7 Å². The summed E-state index contributed by atoms with van der Waals surface area (Å²) in [5.74, 6) is 6.19. The fraction of sp³-hybridized carbons (Fsp3) is 0.0909. The molecule has 0 aliphatic heterocycles. The predicted molar refractivity (Wildman–Crippen MR) is 103 cm³/mol. The summed E-state index contributed by atoms with van der Waals surface area (Å²) in [5.41, 5.74) is 4.83. The third-order valence-electron chi connectivity index (χ3n) is 3.94. The summed E-state index contributed by atoms with van der Waals surface area (Å²) in [6.07, 6.45) is 0. The second-order valence-electron chi connectivity index (χ2n) is 5.61. The standard InChI is InChI=1S/C22H19BO/c1-24-17-9-11-19-10-8-16-22(18-19)23(20-12-4-2-5-13-20)21-14-6-3-7-15-21/h2-8,10,12-16,18H,17H2,1H3/q-1. The highest BCUT2D eigenvalue weighted by Gasteiger charge is 2.05. The molecule has 0 unspecified atom stereocenters. The van der Waals surface area contributed by atoms with E-state index in [1.165, 1.54) is 16.4 Å². The van der Waals surface area contributed by atoms with Crippen molar-refractivity contribution in [3.63, 3.8) is 0 Å². The van der Waals surface area contributed by atoms with E-state index >= 15 is 0 Å². The number of benzene rings is 3. The summed E-state index contributed by atoms with van der Waals surface area (Å²) in [6.45, 7) is 0.655. The topological polar surface area (TPSA) is 9.23 Å². The van der Waals surface area contributed by atoms with Crippen molar-refractivity contribution in [1.29, 1.82) is 0 Å². The number of hydrogen-bond acceptors (Lipinski definition) is 1. The SMILES string of the molecule is COCC#Cc1cccc([B-](c2ccccc2)c2ccccc2)c1. The molecule has 0 aliphatic carbocycles. The monoisotopic (exact) mass is 310 g/mol. The third kappa shape index (κ3) is 3.96. The molecule has 0 atom stereocenters. The highest BCUT2D eigenvalue weighted by atomic mass is 16.5. The van der Waals surface area contributed by atoms with Gasteiger partial charge in [0.1, 0.15) is 6.61 Å². The van der Waals surface area contributed by atoms with E-state index in [1.807, 2.05) is 6.07 Å². The summed E-state index contributed by atoms with van der Waals surface area (Å²) in [6, 6.07) is 29.7. The van der Waals surface area contributed by atoms with Crippen LogP contribution in [0.5, 0.6) is 0 Å². The smallest absolute Gasteiger partial charge is 0.107 e. The normalized spacial score (nSPS) is 10.2. The van der Waals surface area contributed by atoms with E-state index < -0.39 is 0 Å². The first kappa shape index (κ1) is 16.1. The molecule has 0 aliphatic rings. The van der Waals surface area contributed by atoms with Crippen LogP contribution in [0.25, 0.3) is 0 Å². The van der Waals surface area contributed by atoms with Gasteiger partial charge in [-0.25, -0.2) is 16.4 Å². The Bertz CT molecular complexity index is 792. The highest BCUT2D eigenvalue weighted by molar-refractivity contribution is 6.95. The third-order valence-corrected chi connectivity index (χ3v) is 3.94. The van der Waals surface area contributed by atoms with Gasteiger partial charge in [0, 0.05) is 12.7 Å². The zero-order valence-electron chi connectivity index (χ0n) is 13.8. The Kier molecular flexibility index (Phi) is 5.50. The number of hydrogen-bond donors (Lipinski definition) is 0. The molecular weight excluding hydrogens is 291 g/mol. The van der Waals surface area contributed by atoms with Crippen molar-refractivity contribution in [1.82, 2.24) is 0 Å². The van der Waals surface area contributed by atoms with Gasteiger partial charge in [-0.3, -0.25) is 0 Å². The summed E-state index contributed by atoms with van der Waals surface area (Å²) < 4.78 is 5.01. The predicted octanol–water partition coefficient (Wildman–Crippen LogP) is 2.20. The molecule has 0 saturated heterocycles. The van der Waals surface area contributed by atoms with Gasteiger partial charge in [0.05, 0.1) is 0 Å². The van der Waals surface area contributed by atoms with Crippen LogP contribution < -0.4 is 16.4 Å². The van der Waals surface area contributed by atoms with Gasteiger partial charge in [0.25, 0.3) is 0 Å². The van der Waals surface area contributed by atoms with Gasteiger partial charge in [-0.1, -0.05) is 90.7 Å². The van der Waals surface area contributed by atoms with E-state index in [1.54, 1.807) is 7.11 Å². The van der Waals surface area contributed by atoms with Crippen LogP contribution in [-0.4, -0.2) is 20.4 Å². The Balaban J connectivity index is 2.04. The van der Waals surface area contributed by atoms with E-state index in [-0.39, 0.29) is 6.71 Å². The Morgan fingerprint density at radius 1 is 0.750 bits per heavy atom. The molecule has 1 radical (unpaired) electrons. The van der Waals surface area contributed by atoms with Crippen molar-refractivity contribution >= 4 is 23.1 Å². The summed E-state index contributed by atoms with van der Waals surface area (Å²) in [4.78, 5) is 0. The van der Waals surface area contributed by atoms with Crippen molar-refractivity contribution in [2.75, 3.05) is 13.7 Å². The molecular formula is C22H19BO-. The Morgan fingerprint density at radius 2 is 1.33 bits per heavy atom. The van der Waals surface area contributed by atoms with Gasteiger partial charge in [-0.15, -0.1) is 0 Å². The van der Waals surface area contributed by atoms with Gasteiger partial charge in [0.15, 0.2) is 0 Å². The lowest BCUT2D eigenvalue weighted by Gasteiger charge is -2.30. The molecule has 0 amide bonds. The second-order valence-corrected chi connectivity index (χ2v) is 5.61. The average Bonchev–Trinajstić information content (AvgIpc) is 2.64. The maximum Gasteiger partial charge on any atom is 0.107 e. The lowest BCUT2D eigenvalue weighted by Crippen LogP contribution is -2.51. The van der Waals surface area contributed by atoms with Gasteiger partial charge in [0.2, 0.25) is 0 Å². The summed E-state index contributed by atoms with van der Waals surface area (Å²) in [5, 5.41) is 0. The zero-order chi connectivity index (χ0) is 16.6. The summed E-state index contributed by atoms with van der Waals surface area (Å²) >= 11 is 0. The van der Waals surface area contributed by atoms with Crippen LogP contribution in [0.4, 0.5) is 0 Å². The largest absolute Gasteiger partial charge is 0.372 e. The molecule has 0 spiro atoms. The first-order chi connectivity index (χ1) is 11.9. The molecule has 0 aromatic heterocycles. The Labute approximate surface area is 144 Å². The number of rotatable bonds is 4. The minimum Gasteiger partial charge on any atom is -0.372 e. The molecule has 24 heavy (non-hydrogen) atoms. The molecule has 1 nitrogen and oxygen atoms in total. The second kappa shape index (κ2) is 8.20. The zero-order valence-corrected chi connectivity index (χ0v) is 13.8. The van der Waals surface area contributed by atoms with Gasteiger partial charge in [-0.05, 0) is 12.8 Å². The number of methoxy groups -OCH3 is 1. The van der Waals surface area contributed by atoms with Crippen LogP contribution in [0.1, 0.15) is 5.56 Å². The fourth-order valence-corrected chi connectivity index (χ4v) is 2.87. The van der Waals surface area contributed by atoms with Crippen molar-refractivity contribution < 1.29 is 4.74 Å². The van der Waals surface area contributed by atoms with Crippen molar-refractivity contribution in [2.45, 2.75) is 0 Å². The maximum atomic E-state index is 5.01. The van der Waals surface area contributed by atoms with Gasteiger partial charge >= 0.3 is 0 Å². The van der Waals surface area contributed by atoms with Crippen LogP contribution in [0.3, 0.4) is 0 Å². The quantitative estimate of drug-likeness (QED) is 0.530. The van der Waals surface area contributed by atoms with Crippen LogP contribution in [0.2, 0.25) is 0 Å². The Hall–Kier alpha value is -2.76. The molecule has 0 N–H and O–H groups in total. The van der Waals surface area contributed by atoms with Crippen LogP contribution >= 0.6 is 0 Å². The summed E-state index contributed by atoms with van der Waals surface area (Å²) in [7, 11) is 1.66. The van der Waals surface area contributed by atoms with Crippen LogP contribution in [0.15, 0.2) is 84.9 Å². The van der Waals surface area contributed by atoms with Crippen LogP contribution in [-0.2, 0) is 4.74 Å². The maximum absolute atomic E-state index is 5.01. The average molecular weight is 310 g/mol. The molecule has 0 saturated carbocycles. The highest BCUT2D eigenvalue weighted by Crippen LogP contribution is 1.99. The molecule has 0 heterocycles. The molecule has 3 rings (SSSR count). The lowest BCUT2D eigenvalue weighted by molar-refractivity contribution is 0.240.